The van der Waals surface area contributed by atoms with Gasteiger partial charge in [-0.05, 0) is 40.2 Å². The first kappa shape index (κ1) is 8.72. The van der Waals surface area contributed by atoms with Crippen LogP contribution in [-0.2, 0) is 0 Å². The Hall–Kier alpha value is -0.870. The quantitative estimate of drug-likeness (QED) is 0.787. The van der Waals surface area contributed by atoms with Crippen molar-refractivity contribution in [3.05, 3.63) is 40.1 Å². The molecule has 0 unspecified atom stereocenters. The van der Waals surface area contributed by atoms with Gasteiger partial charge in [-0.1, -0.05) is 16.8 Å². The normalized spacial score (nSPS) is 10.3. The number of aromatic nitrogens is 3. The van der Waals surface area contributed by atoms with Gasteiger partial charge in [0.05, 0.1) is 11.9 Å². The summed E-state index contributed by atoms with van der Waals surface area (Å²) in [5.41, 5.74) is 0.925. The molecular formula is C8H5BrClN3. The van der Waals surface area contributed by atoms with E-state index in [0.29, 0.717) is 5.02 Å². The summed E-state index contributed by atoms with van der Waals surface area (Å²) in [6.07, 6.45) is 1.63. The van der Waals surface area contributed by atoms with Crippen LogP contribution >= 0.6 is 27.5 Å². The van der Waals surface area contributed by atoms with Crippen molar-refractivity contribution in [3.63, 3.8) is 0 Å². The maximum absolute atomic E-state index is 5.76. The van der Waals surface area contributed by atoms with Gasteiger partial charge in [-0.15, -0.1) is 5.10 Å². The average Bonchev–Trinajstić information content (AvgIpc) is 2.53. The van der Waals surface area contributed by atoms with Gasteiger partial charge in [-0.25, -0.2) is 4.68 Å². The Morgan fingerprint density at radius 2 is 1.92 bits per heavy atom. The van der Waals surface area contributed by atoms with E-state index in [9.17, 15) is 0 Å². The van der Waals surface area contributed by atoms with Gasteiger partial charge in [0.15, 0.2) is 0 Å². The van der Waals surface area contributed by atoms with Crippen molar-refractivity contribution < 1.29 is 0 Å². The SMILES string of the molecule is Clc1ccc(-n2nncc2Br)cc1. The molecule has 0 saturated carbocycles. The zero-order valence-electron chi connectivity index (χ0n) is 6.48. The fourth-order valence-electron chi connectivity index (χ4n) is 0.980. The number of hydrogen-bond acceptors (Lipinski definition) is 2. The minimum Gasteiger partial charge on any atom is -0.206 e. The van der Waals surface area contributed by atoms with E-state index in [4.69, 9.17) is 11.6 Å². The third-order valence-corrected chi connectivity index (χ3v) is 2.37. The molecule has 2 rings (SSSR count). The van der Waals surface area contributed by atoms with Crippen LogP contribution in [-0.4, -0.2) is 15.0 Å². The van der Waals surface area contributed by atoms with Gasteiger partial charge in [-0.3, -0.25) is 0 Å². The van der Waals surface area contributed by atoms with Crippen LogP contribution in [0.5, 0.6) is 0 Å². The summed E-state index contributed by atoms with van der Waals surface area (Å²) >= 11 is 9.08. The van der Waals surface area contributed by atoms with Crippen LogP contribution in [0.15, 0.2) is 35.1 Å². The zero-order valence-corrected chi connectivity index (χ0v) is 8.83. The minimum atomic E-state index is 0.708. The summed E-state index contributed by atoms with van der Waals surface area (Å²) in [6.45, 7) is 0. The van der Waals surface area contributed by atoms with Crippen molar-refractivity contribution in [1.82, 2.24) is 15.0 Å². The largest absolute Gasteiger partial charge is 0.206 e. The summed E-state index contributed by atoms with van der Waals surface area (Å²) in [6, 6.07) is 7.37. The molecule has 0 radical (unpaired) electrons. The Bertz CT molecular complexity index is 410. The molecule has 0 N–H and O–H groups in total. The maximum atomic E-state index is 5.76. The van der Waals surface area contributed by atoms with Gasteiger partial charge in [0.2, 0.25) is 0 Å². The molecule has 0 aliphatic heterocycles. The molecule has 3 nitrogen and oxygen atoms in total. The third-order valence-electron chi connectivity index (χ3n) is 1.58. The molecule has 1 heterocycles. The van der Waals surface area contributed by atoms with Crippen LogP contribution in [0, 0.1) is 0 Å². The van der Waals surface area contributed by atoms with Crippen molar-refractivity contribution in [2.75, 3.05) is 0 Å². The van der Waals surface area contributed by atoms with E-state index in [1.165, 1.54) is 0 Å². The highest BCUT2D eigenvalue weighted by molar-refractivity contribution is 9.10. The number of benzene rings is 1. The Kier molecular flexibility index (Phi) is 2.33. The predicted molar refractivity (Wildman–Crippen MR) is 54.1 cm³/mol. The van der Waals surface area contributed by atoms with Crippen molar-refractivity contribution in [2.45, 2.75) is 0 Å². The molecule has 13 heavy (non-hydrogen) atoms. The number of hydrogen-bond donors (Lipinski definition) is 0. The Balaban J connectivity index is 2.47. The first-order valence-corrected chi connectivity index (χ1v) is 4.76. The van der Waals surface area contributed by atoms with E-state index in [1.54, 1.807) is 10.9 Å². The van der Waals surface area contributed by atoms with E-state index in [1.807, 2.05) is 24.3 Å². The van der Waals surface area contributed by atoms with E-state index in [-0.39, 0.29) is 0 Å². The maximum Gasteiger partial charge on any atom is 0.130 e. The number of nitrogens with zero attached hydrogens (tertiary/aromatic N) is 3. The monoisotopic (exact) mass is 257 g/mol. The molecular weight excluding hydrogens is 253 g/mol. The van der Waals surface area contributed by atoms with E-state index in [2.05, 4.69) is 26.2 Å². The smallest absolute Gasteiger partial charge is 0.130 e. The fourth-order valence-corrected chi connectivity index (χ4v) is 1.47. The second-order valence-electron chi connectivity index (χ2n) is 2.44. The molecule has 0 amide bonds. The molecule has 0 fully saturated rings. The molecule has 0 aliphatic rings. The van der Waals surface area contributed by atoms with Gasteiger partial charge in [0.1, 0.15) is 4.60 Å². The van der Waals surface area contributed by atoms with Crippen LogP contribution in [0.3, 0.4) is 0 Å². The first-order valence-electron chi connectivity index (χ1n) is 3.59. The highest BCUT2D eigenvalue weighted by Gasteiger charge is 2.01. The second-order valence-corrected chi connectivity index (χ2v) is 3.69. The van der Waals surface area contributed by atoms with Crippen LogP contribution in [0.1, 0.15) is 0 Å². The van der Waals surface area contributed by atoms with Crippen LogP contribution in [0.25, 0.3) is 5.69 Å². The number of halogens is 2. The lowest BCUT2D eigenvalue weighted by Crippen LogP contribution is -1.96. The molecule has 5 heteroatoms. The van der Waals surface area contributed by atoms with Gasteiger partial charge >= 0.3 is 0 Å². The Morgan fingerprint density at radius 1 is 1.23 bits per heavy atom. The van der Waals surface area contributed by atoms with Gasteiger partial charge in [0.25, 0.3) is 0 Å². The first-order chi connectivity index (χ1) is 6.27. The van der Waals surface area contributed by atoms with E-state index in [0.717, 1.165) is 10.3 Å². The average molecular weight is 259 g/mol. The fraction of sp³-hybridized carbons (Fsp3) is 0. The van der Waals surface area contributed by atoms with E-state index < -0.39 is 0 Å². The standard InChI is InChI=1S/C8H5BrClN3/c9-8-5-11-12-13(8)7-3-1-6(10)2-4-7/h1-5H. The zero-order chi connectivity index (χ0) is 9.26. The van der Waals surface area contributed by atoms with Crippen molar-refractivity contribution in [3.8, 4) is 5.69 Å². The molecule has 66 valence electrons. The van der Waals surface area contributed by atoms with Gasteiger partial charge in [-0.2, -0.15) is 0 Å². The molecule has 0 bridgehead atoms. The molecule has 1 aromatic heterocycles. The Labute approximate surface area is 88.5 Å². The highest BCUT2D eigenvalue weighted by Crippen LogP contribution is 2.16. The molecule has 0 atom stereocenters. The van der Waals surface area contributed by atoms with Crippen molar-refractivity contribution in [1.29, 1.82) is 0 Å². The Morgan fingerprint density at radius 3 is 2.46 bits per heavy atom. The molecule has 2 aromatic rings. The van der Waals surface area contributed by atoms with Crippen LogP contribution in [0.4, 0.5) is 0 Å². The lowest BCUT2D eigenvalue weighted by atomic mass is 10.3. The highest BCUT2D eigenvalue weighted by atomic mass is 79.9. The predicted octanol–water partition coefficient (Wildman–Crippen LogP) is 2.68. The van der Waals surface area contributed by atoms with Crippen molar-refractivity contribution >= 4 is 27.5 Å². The third kappa shape index (κ3) is 1.73. The number of rotatable bonds is 1. The summed E-state index contributed by atoms with van der Waals surface area (Å²) in [4.78, 5) is 0. The molecule has 1 aromatic carbocycles. The van der Waals surface area contributed by atoms with Crippen LogP contribution in [0.2, 0.25) is 5.02 Å². The van der Waals surface area contributed by atoms with Gasteiger partial charge in [0, 0.05) is 5.02 Å². The summed E-state index contributed by atoms with van der Waals surface area (Å²) in [7, 11) is 0. The van der Waals surface area contributed by atoms with Crippen LogP contribution < -0.4 is 0 Å². The molecule has 0 spiro atoms. The summed E-state index contributed by atoms with van der Waals surface area (Å²) < 4.78 is 2.49. The molecule has 0 aliphatic carbocycles. The van der Waals surface area contributed by atoms with Crippen molar-refractivity contribution in [2.24, 2.45) is 0 Å². The van der Waals surface area contributed by atoms with E-state index >= 15 is 0 Å². The topological polar surface area (TPSA) is 30.7 Å². The minimum absolute atomic E-state index is 0.708. The lowest BCUT2D eigenvalue weighted by molar-refractivity contribution is 0.792. The summed E-state index contributed by atoms with van der Waals surface area (Å²) in [5.74, 6) is 0. The lowest BCUT2D eigenvalue weighted by Gasteiger charge is -2.00. The molecule has 0 saturated heterocycles. The summed E-state index contributed by atoms with van der Waals surface area (Å²) in [5, 5.41) is 8.35. The second kappa shape index (κ2) is 3.47. The van der Waals surface area contributed by atoms with Gasteiger partial charge < -0.3 is 0 Å².